The minimum Gasteiger partial charge on any atom is -0.332 e. The number of nitrogens with zero attached hydrogens (tertiary/aromatic N) is 2. The van der Waals surface area contributed by atoms with Crippen molar-refractivity contribution >= 4 is 34.8 Å². The molecule has 8 heteroatoms. The minimum atomic E-state index is -0.658. The van der Waals surface area contributed by atoms with E-state index in [1.807, 2.05) is 19.1 Å². The van der Waals surface area contributed by atoms with Crippen molar-refractivity contribution in [2.45, 2.75) is 13.3 Å². The largest absolute Gasteiger partial charge is 0.332 e. The van der Waals surface area contributed by atoms with E-state index < -0.39 is 16.7 Å². The molecule has 0 heterocycles. The Labute approximate surface area is 155 Å². The van der Waals surface area contributed by atoms with E-state index in [4.69, 9.17) is 11.6 Å². The molecule has 0 atom stereocenters. The highest BCUT2D eigenvalue weighted by Gasteiger charge is 2.24. The third kappa shape index (κ3) is 4.58. The van der Waals surface area contributed by atoms with E-state index in [2.05, 4.69) is 5.32 Å². The normalized spacial score (nSPS) is 10.3. The topological polar surface area (TPSA) is 92.6 Å². The highest BCUT2D eigenvalue weighted by molar-refractivity contribution is 6.31. The molecule has 2 aromatic rings. The predicted octanol–water partition coefficient (Wildman–Crippen LogP) is 3.52. The number of amides is 2. The van der Waals surface area contributed by atoms with Gasteiger partial charge in [0.2, 0.25) is 5.91 Å². The van der Waals surface area contributed by atoms with Gasteiger partial charge in [-0.1, -0.05) is 36.7 Å². The van der Waals surface area contributed by atoms with Gasteiger partial charge >= 0.3 is 0 Å². The van der Waals surface area contributed by atoms with Crippen molar-refractivity contribution < 1.29 is 14.5 Å². The zero-order chi connectivity index (χ0) is 19.3. The Balaban J connectivity index is 2.13. The lowest BCUT2D eigenvalue weighted by molar-refractivity contribution is -0.385. The summed E-state index contributed by atoms with van der Waals surface area (Å²) in [7, 11) is 1.40. The predicted molar refractivity (Wildman–Crippen MR) is 99.5 cm³/mol. The molecule has 0 aliphatic carbocycles. The summed E-state index contributed by atoms with van der Waals surface area (Å²) in [5.74, 6) is -1.05. The number of nitrogens with one attached hydrogen (secondary N) is 1. The van der Waals surface area contributed by atoms with E-state index in [0.717, 1.165) is 16.9 Å². The maximum absolute atomic E-state index is 12.5. The van der Waals surface area contributed by atoms with Crippen LogP contribution < -0.4 is 5.32 Å². The number of halogens is 1. The number of para-hydroxylation sites is 1. The number of aryl methyl sites for hydroxylation is 1. The van der Waals surface area contributed by atoms with Crippen LogP contribution >= 0.6 is 11.6 Å². The Morgan fingerprint density at radius 1 is 1.23 bits per heavy atom. The molecule has 0 fully saturated rings. The van der Waals surface area contributed by atoms with Crippen LogP contribution in [-0.2, 0) is 11.2 Å². The molecule has 0 aliphatic heterocycles. The third-order valence-electron chi connectivity index (χ3n) is 3.79. The second-order valence-electron chi connectivity index (χ2n) is 5.64. The first-order valence-corrected chi connectivity index (χ1v) is 8.28. The summed E-state index contributed by atoms with van der Waals surface area (Å²) in [6.07, 6.45) is 0.750. The Morgan fingerprint density at radius 3 is 2.58 bits per heavy atom. The summed E-state index contributed by atoms with van der Waals surface area (Å²) in [4.78, 5) is 36.3. The zero-order valence-electron chi connectivity index (χ0n) is 14.4. The average molecular weight is 376 g/mol. The van der Waals surface area contributed by atoms with Gasteiger partial charge in [-0.3, -0.25) is 19.7 Å². The molecular formula is C18H18ClN3O4. The highest BCUT2D eigenvalue weighted by atomic mass is 35.5. The van der Waals surface area contributed by atoms with Gasteiger partial charge in [0.15, 0.2) is 0 Å². The molecule has 0 saturated heterocycles. The van der Waals surface area contributed by atoms with Crippen molar-refractivity contribution in [2.24, 2.45) is 0 Å². The maximum Gasteiger partial charge on any atom is 0.282 e. The molecule has 2 aromatic carbocycles. The molecule has 26 heavy (non-hydrogen) atoms. The molecule has 136 valence electrons. The fraction of sp³-hybridized carbons (Fsp3) is 0.222. The average Bonchev–Trinajstić information content (AvgIpc) is 2.60. The van der Waals surface area contributed by atoms with Gasteiger partial charge in [-0.25, -0.2) is 0 Å². The summed E-state index contributed by atoms with van der Waals surface area (Å²) >= 11 is 5.84. The fourth-order valence-corrected chi connectivity index (χ4v) is 2.64. The van der Waals surface area contributed by atoms with Gasteiger partial charge in [-0.15, -0.1) is 0 Å². The molecule has 1 N–H and O–H groups in total. The SMILES string of the molecule is CCc1ccccc1NC(=O)CN(C)C(=O)c1cc(Cl)ccc1[N+](=O)[O-]. The zero-order valence-corrected chi connectivity index (χ0v) is 15.1. The summed E-state index contributed by atoms with van der Waals surface area (Å²) in [6, 6.07) is 11.1. The molecular weight excluding hydrogens is 358 g/mol. The molecule has 0 aromatic heterocycles. The number of nitro groups is 1. The number of carbonyl (C=O) groups is 2. The van der Waals surface area contributed by atoms with Crippen LogP contribution in [0.1, 0.15) is 22.8 Å². The molecule has 7 nitrogen and oxygen atoms in total. The van der Waals surface area contributed by atoms with Crippen molar-refractivity contribution in [2.75, 3.05) is 18.9 Å². The van der Waals surface area contributed by atoms with E-state index >= 15 is 0 Å². The maximum atomic E-state index is 12.5. The van der Waals surface area contributed by atoms with Crippen molar-refractivity contribution in [3.05, 3.63) is 68.7 Å². The third-order valence-corrected chi connectivity index (χ3v) is 4.02. The molecule has 0 saturated carbocycles. The van der Waals surface area contributed by atoms with Crippen LogP contribution in [0, 0.1) is 10.1 Å². The smallest absolute Gasteiger partial charge is 0.282 e. The summed E-state index contributed by atoms with van der Waals surface area (Å²) in [5.41, 5.74) is 1.13. The number of anilines is 1. The van der Waals surface area contributed by atoms with Crippen molar-refractivity contribution in [1.82, 2.24) is 4.90 Å². The first kappa shape index (κ1) is 19.4. The van der Waals surface area contributed by atoms with Crippen LogP contribution in [0.5, 0.6) is 0 Å². The van der Waals surface area contributed by atoms with Crippen LogP contribution in [-0.4, -0.2) is 35.2 Å². The van der Waals surface area contributed by atoms with Crippen LogP contribution in [0.15, 0.2) is 42.5 Å². The second-order valence-corrected chi connectivity index (χ2v) is 6.08. The first-order valence-electron chi connectivity index (χ1n) is 7.90. The van der Waals surface area contributed by atoms with Gasteiger partial charge in [0.1, 0.15) is 5.56 Å². The van der Waals surface area contributed by atoms with E-state index in [1.54, 1.807) is 12.1 Å². The van der Waals surface area contributed by atoms with E-state index in [0.29, 0.717) is 5.69 Å². The van der Waals surface area contributed by atoms with E-state index in [-0.39, 0.29) is 22.8 Å². The number of hydrogen-bond acceptors (Lipinski definition) is 4. The molecule has 2 amide bonds. The Morgan fingerprint density at radius 2 is 1.92 bits per heavy atom. The van der Waals surface area contributed by atoms with Crippen LogP contribution in [0.25, 0.3) is 0 Å². The van der Waals surface area contributed by atoms with Gasteiger partial charge in [-0.2, -0.15) is 0 Å². The lowest BCUT2D eigenvalue weighted by Crippen LogP contribution is -2.35. The fourth-order valence-electron chi connectivity index (χ4n) is 2.47. The van der Waals surface area contributed by atoms with Crippen LogP contribution in [0.4, 0.5) is 11.4 Å². The number of hydrogen-bond donors (Lipinski definition) is 1. The van der Waals surface area contributed by atoms with Crippen molar-refractivity contribution in [3.63, 3.8) is 0 Å². The first-order chi connectivity index (χ1) is 12.3. The summed E-state index contributed by atoms with van der Waals surface area (Å²) < 4.78 is 0. The molecule has 2 rings (SSSR count). The van der Waals surface area contributed by atoms with Crippen molar-refractivity contribution in [1.29, 1.82) is 0 Å². The summed E-state index contributed by atoms with van der Waals surface area (Å²) in [6.45, 7) is 1.72. The molecule has 0 bridgehead atoms. The van der Waals surface area contributed by atoms with Gasteiger partial charge < -0.3 is 10.2 Å². The van der Waals surface area contributed by atoms with Crippen molar-refractivity contribution in [3.8, 4) is 0 Å². The molecule has 0 unspecified atom stereocenters. The van der Waals surface area contributed by atoms with Gasteiger partial charge in [0.05, 0.1) is 11.5 Å². The highest BCUT2D eigenvalue weighted by Crippen LogP contribution is 2.24. The minimum absolute atomic E-state index is 0.160. The number of rotatable bonds is 6. The molecule has 0 aliphatic rings. The van der Waals surface area contributed by atoms with Crippen LogP contribution in [0.2, 0.25) is 5.02 Å². The number of likely N-dealkylation sites (N-methyl/N-ethyl adjacent to an activating group) is 1. The van der Waals surface area contributed by atoms with E-state index in [1.165, 1.54) is 25.2 Å². The Hall–Kier alpha value is -2.93. The number of nitro benzene ring substituents is 1. The molecule has 0 spiro atoms. The number of carbonyl (C=O) groups excluding carboxylic acids is 2. The van der Waals surface area contributed by atoms with Crippen LogP contribution in [0.3, 0.4) is 0 Å². The lowest BCUT2D eigenvalue weighted by atomic mass is 10.1. The van der Waals surface area contributed by atoms with Gasteiger partial charge in [0.25, 0.3) is 11.6 Å². The monoisotopic (exact) mass is 375 g/mol. The standard InChI is InChI=1S/C18H18ClN3O4/c1-3-12-6-4-5-7-15(12)20-17(23)11-21(2)18(24)14-10-13(19)8-9-16(14)22(25)26/h4-10H,3,11H2,1-2H3,(H,20,23). The molecule has 0 radical (unpaired) electrons. The lowest BCUT2D eigenvalue weighted by Gasteiger charge is -2.18. The summed E-state index contributed by atoms with van der Waals surface area (Å²) in [5, 5.41) is 14.1. The second kappa shape index (κ2) is 8.44. The number of benzene rings is 2. The Kier molecular flexibility index (Phi) is 6.30. The quantitative estimate of drug-likeness (QED) is 0.617. The Bertz CT molecular complexity index is 854. The van der Waals surface area contributed by atoms with E-state index in [9.17, 15) is 19.7 Å². The van der Waals surface area contributed by atoms with Gasteiger partial charge in [0, 0.05) is 23.8 Å². The van der Waals surface area contributed by atoms with Gasteiger partial charge in [-0.05, 0) is 30.2 Å².